The van der Waals surface area contributed by atoms with E-state index < -0.39 is 10.0 Å². The van der Waals surface area contributed by atoms with Gasteiger partial charge in [-0.25, -0.2) is 8.42 Å². The molecule has 9 heteroatoms. The van der Waals surface area contributed by atoms with Crippen LogP contribution >= 0.6 is 11.3 Å². The van der Waals surface area contributed by atoms with Crippen molar-refractivity contribution in [2.45, 2.75) is 36.9 Å². The van der Waals surface area contributed by atoms with Crippen molar-refractivity contribution in [2.75, 3.05) is 26.2 Å². The number of rotatable bonds is 3. The molecule has 1 saturated heterocycles. The van der Waals surface area contributed by atoms with Crippen molar-refractivity contribution < 1.29 is 13.2 Å². The molecule has 0 N–H and O–H groups in total. The van der Waals surface area contributed by atoms with Gasteiger partial charge >= 0.3 is 0 Å². The summed E-state index contributed by atoms with van der Waals surface area (Å²) in [6.07, 6.45) is 4.73. The number of hydrogen-bond donors (Lipinski definition) is 0. The van der Waals surface area contributed by atoms with E-state index >= 15 is 0 Å². The lowest BCUT2D eigenvalue weighted by atomic mass is 10.1. The van der Waals surface area contributed by atoms with Crippen molar-refractivity contribution in [3.63, 3.8) is 0 Å². The van der Waals surface area contributed by atoms with Crippen molar-refractivity contribution in [1.29, 1.82) is 0 Å². The molecule has 1 fully saturated rings. The molecule has 140 valence electrons. The molecule has 2 aromatic heterocycles. The maximum atomic E-state index is 12.9. The molecule has 0 saturated carbocycles. The number of piperazine rings is 1. The third kappa shape index (κ3) is 3.08. The van der Waals surface area contributed by atoms with Gasteiger partial charge in [-0.2, -0.15) is 9.40 Å². The molecule has 2 aromatic rings. The number of amides is 1. The van der Waals surface area contributed by atoms with Crippen molar-refractivity contribution in [2.24, 2.45) is 0 Å². The number of aryl methyl sites for hydroxylation is 2. The molecule has 4 heterocycles. The Balaban J connectivity index is 1.45. The average Bonchev–Trinajstić information content (AvgIpc) is 3.28. The molecule has 2 aliphatic rings. The molecule has 26 heavy (non-hydrogen) atoms. The van der Waals surface area contributed by atoms with Gasteiger partial charge in [0.05, 0.1) is 17.5 Å². The highest BCUT2D eigenvalue weighted by atomic mass is 32.2. The summed E-state index contributed by atoms with van der Waals surface area (Å²) >= 11 is 1.29. The molecule has 1 amide bonds. The van der Waals surface area contributed by atoms with E-state index in [1.165, 1.54) is 15.6 Å². The lowest BCUT2D eigenvalue weighted by molar-refractivity contribution is 0.0696. The zero-order valence-corrected chi connectivity index (χ0v) is 16.4. The Labute approximate surface area is 157 Å². The van der Waals surface area contributed by atoms with Gasteiger partial charge < -0.3 is 4.90 Å². The molecule has 7 nitrogen and oxygen atoms in total. The van der Waals surface area contributed by atoms with Crippen LogP contribution in [-0.2, 0) is 23.0 Å². The molecular weight excluding hydrogens is 372 g/mol. The van der Waals surface area contributed by atoms with Gasteiger partial charge in [-0.15, -0.1) is 11.3 Å². The zero-order chi connectivity index (χ0) is 18.3. The summed E-state index contributed by atoms with van der Waals surface area (Å²) in [5, 5.41) is 4.33. The van der Waals surface area contributed by atoms with Crippen LogP contribution in [0, 0.1) is 6.92 Å². The number of aromatic nitrogens is 2. The van der Waals surface area contributed by atoms with E-state index in [0.29, 0.717) is 36.0 Å². The summed E-state index contributed by atoms with van der Waals surface area (Å²) in [4.78, 5) is 15.6. The van der Waals surface area contributed by atoms with Gasteiger partial charge in [-0.3, -0.25) is 9.48 Å². The lowest BCUT2D eigenvalue weighted by Gasteiger charge is -2.33. The lowest BCUT2D eigenvalue weighted by Crippen LogP contribution is -2.50. The molecule has 0 unspecified atom stereocenters. The van der Waals surface area contributed by atoms with Gasteiger partial charge in [0.2, 0.25) is 0 Å². The third-order valence-corrected chi connectivity index (χ3v) is 8.42. The first-order valence-electron chi connectivity index (χ1n) is 8.87. The summed E-state index contributed by atoms with van der Waals surface area (Å²) < 4.78 is 29.2. The van der Waals surface area contributed by atoms with Crippen molar-refractivity contribution in [3.8, 4) is 0 Å². The molecule has 0 aliphatic carbocycles. The van der Waals surface area contributed by atoms with Crippen molar-refractivity contribution >= 4 is 27.3 Å². The summed E-state index contributed by atoms with van der Waals surface area (Å²) in [7, 11) is -3.46. The van der Waals surface area contributed by atoms with Crippen LogP contribution in [0.25, 0.3) is 0 Å². The highest BCUT2D eigenvalue weighted by molar-refractivity contribution is 7.91. The normalized spacial score (nSPS) is 18.7. The molecular formula is C17H22N4O3S2. The van der Waals surface area contributed by atoms with Gasteiger partial charge in [-0.1, -0.05) is 0 Å². The average molecular weight is 395 g/mol. The highest BCUT2D eigenvalue weighted by Gasteiger charge is 2.32. The van der Waals surface area contributed by atoms with Crippen LogP contribution in [0.15, 0.2) is 22.5 Å². The minimum atomic E-state index is -3.46. The summed E-state index contributed by atoms with van der Waals surface area (Å²) in [5.41, 5.74) is 1.69. The van der Waals surface area contributed by atoms with E-state index in [2.05, 4.69) is 5.10 Å². The Hall–Kier alpha value is -1.71. The highest BCUT2D eigenvalue weighted by Crippen LogP contribution is 2.26. The standard InChI is InChI=1S/C17H22N4O3S2/c1-13-5-6-16(25-13)26(23,24)20-10-8-19(9-11-20)17(22)14-12-18-21-7-3-2-4-15(14)21/h5-6,12H,2-4,7-11H2,1H3. The van der Waals surface area contributed by atoms with Gasteiger partial charge in [0, 0.05) is 37.6 Å². The first-order valence-corrected chi connectivity index (χ1v) is 11.1. The zero-order valence-electron chi connectivity index (χ0n) is 14.7. The largest absolute Gasteiger partial charge is 0.336 e. The molecule has 0 bridgehead atoms. The second-order valence-electron chi connectivity index (χ2n) is 6.75. The van der Waals surface area contributed by atoms with E-state index in [1.807, 2.05) is 17.7 Å². The Morgan fingerprint density at radius 1 is 1.12 bits per heavy atom. The summed E-state index contributed by atoms with van der Waals surface area (Å²) in [6.45, 7) is 4.24. The van der Waals surface area contributed by atoms with Crippen LogP contribution in [0.2, 0.25) is 0 Å². The van der Waals surface area contributed by atoms with Crippen LogP contribution in [0.3, 0.4) is 0 Å². The number of carbonyl (C=O) groups excluding carboxylic acids is 1. The molecule has 0 atom stereocenters. The number of hydrogen-bond acceptors (Lipinski definition) is 5. The predicted molar refractivity (Wildman–Crippen MR) is 98.9 cm³/mol. The molecule has 0 radical (unpaired) electrons. The first-order chi connectivity index (χ1) is 12.5. The van der Waals surface area contributed by atoms with Gasteiger partial charge in [0.25, 0.3) is 15.9 Å². The minimum Gasteiger partial charge on any atom is -0.336 e. The van der Waals surface area contributed by atoms with Gasteiger partial charge in [0.1, 0.15) is 4.21 Å². The second kappa shape index (κ2) is 6.79. The third-order valence-electron chi connectivity index (χ3n) is 5.05. The second-order valence-corrected chi connectivity index (χ2v) is 10.2. The molecule has 0 spiro atoms. The van der Waals surface area contributed by atoms with Crippen LogP contribution in [-0.4, -0.2) is 59.5 Å². The number of nitrogens with zero attached hydrogens (tertiary/aromatic N) is 4. The maximum absolute atomic E-state index is 12.9. The van der Waals surface area contributed by atoms with Crippen LogP contribution in [0.4, 0.5) is 0 Å². The number of fused-ring (bicyclic) bond motifs is 1. The SMILES string of the molecule is Cc1ccc(S(=O)(=O)N2CCN(C(=O)c3cnn4c3CCCC4)CC2)s1. The Morgan fingerprint density at radius 3 is 2.58 bits per heavy atom. The van der Waals surface area contributed by atoms with Crippen LogP contribution in [0.1, 0.15) is 33.8 Å². The maximum Gasteiger partial charge on any atom is 0.257 e. The Kier molecular flexibility index (Phi) is 4.62. The molecule has 0 aromatic carbocycles. The smallest absolute Gasteiger partial charge is 0.257 e. The fourth-order valence-corrected chi connectivity index (χ4v) is 6.44. The fraction of sp³-hybridized carbons (Fsp3) is 0.529. The summed E-state index contributed by atoms with van der Waals surface area (Å²) in [5.74, 6) is -0.0304. The van der Waals surface area contributed by atoms with Gasteiger partial charge in [-0.05, 0) is 38.3 Å². The predicted octanol–water partition coefficient (Wildman–Crippen LogP) is 1.74. The number of thiophene rings is 1. The van der Waals surface area contributed by atoms with Crippen LogP contribution < -0.4 is 0 Å². The van der Waals surface area contributed by atoms with E-state index in [9.17, 15) is 13.2 Å². The van der Waals surface area contributed by atoms with Crippen molar-refractivity contribution in [1.82, 2.24) is 19.0 Å². The fourth-order valence-electron chi connectivity index (χ4n) is 3.58. The summed E-state index contributed by atoms with van der Waals surface area (Å²) in [6, 6.07) is 3.48. The van der Waals surface area contributed by atoms with Crippen molar-refractivity contribution in [3.05, 3.63) is 34.5 Å². The molecule has 4 rings (SSSR count). The van der Waals surface area contributed by atoms with Crippen LogP contribution in [0.5, 0.6) is 0 Å². The molecule has 2 aliphatic heterocycles. The van der Waals surface area contributed by atoms with E-state index in [-0.39, 0.29) is 5.91 Å². The Bertz CT molecular complexity index is 924. The number of sulfonamides is 1. The monoisotopic (exact) mass is 394 g/mol. The van der Waals surface area contributed by atoms with Gasteiger partial charge in [0.15, 0.2) is 0 Å². The first kappa shape index (κ1) is 17.7. The van der Waals surface area contributed by atoms with E-state index in [4.69, 9.17) is 0 Å². The quantitative estimate of drug-likeness (QED) is 0.795. The Morgan fingerprint density at radius 2 is 1.88 bits per heavy atom. The van der Waals surface area contributed by atoms with E-state index in [1.54, 1.807) is 17.2 Å². The number of carbonyl (C=O) groups is 1. The topological polar surface area (TPSA) is 75.5 Å². The van der Waals surface area contributed by atoms with E-state index in [0.717, 1.165) is 36.4 Å². The minimum absolute atomic E-state index is 0.0304.